The van der Waals surface area contributed by atoms with Crippen LogP contribution in [0.15, 0.2) is 41.1 Å². The molecule has 0 saturated carbocycles. The Morgan fingerprint density at radius 1 is 1.24 bits per heavy atom. The molecular weight excluding hydrogens is 264 g/mol. The molecule has 0 spiro atoms. The number of rotatable bonds is 2. The fraction of sp³-hybridized carbons (Fsp3) is 0.312. The van der Waals surface area contributed by atoms with Crippen molar-refractivity contribution < 1.29 is 4.52 Å². The first kappa shape index (κ1) is 12.5. The predicted octanol–water partition coefficient (Wildman–Crippen LogP) is 2.61. The van der Waals surface area contributed by atoms with Gasteiger partial charge in [-0.05, 0) is 36.7 Å². The maximum atomic E-state index is 5.47. The third-order valence-electron chi connectivity index (χ3n) is 4.14. The highest BCUT2D eigenvalue weighted by molar-refractivity contribution is 5.82. The Morgan fingerprint density at radius 3 is 3.05 bits per heavy atom. The van der Waals surface area contributed by atoms with E-state index >= 15 is 0 Å². The third-order valence-corrected chi connectivity index (χ3v) is 4.14. The Bertz CT molecular complexity index is 783. The number of nitrogens with one attached hydrogen (secondary N) is 1. The van der Waals surface area contributed by atoms with Crippen LogP contribution in [-0.4, -0.2) is 28.2 Å². The van der Waals surface area contributed by atoms with Gasteiger partial charge in [0.15, 0.2) is 0 Å². The molecule has 2 aromatic heterocycles. The van der Waals surface area contributed by atoms with E-state index in [1.807, 2.05) is 30.3 Å². The molecule has 0 aliphatic carbocycles. The molecule has 0 bridgehead atoms. The molecule has 4 rings (SSSR count). The lowest BCUT2D eigenvalue weighted by Gasteiger charge is -2.07. The van der Waals surface area contributed by atoms with Crippen molar-refractivity contribution in [2.24, 2.45) is 5.92 Å². The Morgan fingerprint density at radius 2 is 2.19 bits per heavy atom. The molecule has 3 heterocycles. The molecule has 106 valence electrons. The van der Waals surface area contributed by atoms with Crippen LogP contribution < -0.4 is 5.32 Å². The molecule has 5 heteroatoms. The summed E-state index contributed by atoms with van der Waals surface area (Å²) in [6, 6.07) is 9.99. The van der Waals surface area contributed by atoms with Gasteiger partial charge in [0.2, 0.25) is 11.7 Å². The standard InChI is InChI=1S/C16H16N4O/c1-10-8-17-9-13(10)16-19-15(20-21-16)12-4-5-14-11(7-12)3-2-6-18-14/h2-7,10,13,17H,8-9H2,1H3. The number of aromatic nitrogens is 3. The number of pyridine rings is 1. The molecule has 3 aromatic rings. The topological polar surface area (TPSA) is 63.8 Å². The zero-order chi connectivity index (χ0) is 14.2. The van der Waals surface area contributed by atoms with Gasteiger partial charge >= 0.3 is 0 Å². The lowest BCUT2D eigenvalue weighted by Crippen LogP contribution is -2.08. The molecule has 0 amide bonds. The van der Waals surface area contributed by atoms with Crippen molar-refractivity contribution in [1.82, 2.24) is 20.4 Å². The van der Waals surface area contributed by atoms with Gasteiger partial charge < -0.3 is 9.84 Å². The van der Waals surface area contributed by atoms with Gasteiger partial charge in [-0.2, -0.15) is 4.98 Å². The van der Waals surface area contributed by atoms with E-state index in [1.54, 1.807) is 6.20 Å². The molecule has 1 fully saturated rings. The van der Waals surface area contributed by atoms with Crippen LogP contribution in [0.25, 0.3) is 22.3 Å². The number of fused-ring (bicyclic) bond motifs is 1. The highest BCUT2D eigenvalue weighted by atomic mass is 16.5. The Kier molecular flexibility index (Phi) is 2.93. The smallest absolute Gasteiger partial charge is 0.231 e. The average Bonchev–Trinajstić information content (AvgIpc) is 3.15. The van der Waals surface area contributed by atoms with Crippen molar-refractivity contribution in [3.8, 4) is 11.4 Å². The number of hydrogen-bond donors (Lipinski definition) is 1. The second kappa shape index (κ2) is 4.93. The Balaban J connectivity index is 1.70. The molecular formula is C16H16N4O. The minimum atomic E-state index is 0.313. The summed E-state index contributed by atoms with van der Waals surface area (Å²) >= 11 is 0. The first-order chi connectivity index (χ1) is 10.3. The summed E-state index contributed by atoms with van der Waals surface area (Å²) in [6.45, 7) is 4.12. The van der Waals surface area contributed by atoms with Gasteiger partial charge in [-0.15, -0.1) is 0 Å². The van der Waals surface area contributed by atoms with E-state index in [-0.39, 0.29) is 0 Å². The first-order valence-electron chi connectivity index (χ1n) is 7.21. The van der Waals surface area contributed by atoms with Crippen LogP contribution in [0, 0.1) is 5.92 Å². The van der Waals surface area contributed by atoms with Crippen LogP contribution in [0.2, 0.25) is 0 Å². The number of nitrogens with zero attached hydrogens (tertiary/aromatic N) is 3. The fourth-order valence-electron chi connectivity index (χ4n) is 2.86. The summed E-state index contributed by atoms with van der Waals surface area (Å²) in [5.41, 5.74) is 1.93. The first-order valence-corrected chi connectivity index (χ1v) is 7.21. The van der Waals surface area contributed by atoms with Crippen LogP contribution in [0.5, 0.6) is 0 Å². The van der Waals surface area contributed by atoms with E-state index in [1.165, 1.54) is 0 Å². The van der Waals surface area contributed by atoms with Crippen molar-refractivity contribution >= 4 is 10.9 Å². The molecule has 1 saturated heterocycles. The highest BCUT2D eigenvalue weighted by Gasteiger charge is 2.29. The Labute approximate surface area is 122 Å². The third kappa shape index (κ3) is 2.19. The summed E-state index contributed by atoms with van der Waals surface area (Å²) in [5.74, 6) is 2.22. The zero-order valence-corrected chi connectivity index (χ0v) is 11.8. The van der Waals surface area contributed by atoms with Crippen LogP contribution >= 0.6 is 0 Å². The van der Waals surface area contributed by atoms with E-state index in [0.717, 1.165) is 35.4 Å². The van der Waals surface area contributed by atoms with Crippen molar-refractivity contribution in [2.75, 3.05) is 13.1 Å². The van der Waals surface area contributed by atoms with E-state index in [9.17, 15) is 0 Å². The number of hydrogen-bond acceptors (Lipinski definition) is 5. The van der Waals surface area contributed by atoms with E-state index in [0.29, 0.717) is 17.7 Å². The lowest BCUT2D eigenvalue weighted by molar-refractivity contribution is 0.340. The van der Waals surface area contributed by atoms with Gasteiger partial charge in [-0.25, -0.2) is 0 Å². The lowest BCUT2D eigenvalue weighted by atomic mass is 9.98. The van der Waals surface area contributed by atoms with Crippen LogP contribution in [0.1, 0.15) is 18.7 Å². The van der Waals surface area contributed by atoms with Gasteiger partial charge in [0.1, 0.15) is 0 Å². The van der Waals surface area contributed by atoms with Gasteiger partial charge in [0.25, 0.3) is 0 Å². The minimum Gasteiger partial charge on any atom is -0.339 e. The maximum Gasteiger partial charge on any atom is 0.231 e. The second-order valence-electron chi connectivity index (χ2n) is 5.61. The van der Waals surface area contributed by atoms with Crippen molar-refractivity contribution in [2.45, 2.75) is 12.8 Å². The number of benzene rings is 1. The second-order valence-corrected chi connectivity index (χ2v) is 5.61. The normalized spacial score (nSPS) is 22.0. The molecule has 2 atom stereocenters. The molecule has 1 aliphatic rings. The van der Waals surface area contributed by atoms with Gasteiger partial charge in [0.05, 0.1) is 11.4 Å². The van der Waals surface area contributed by atoms with Gasteiger partial charge in [-0.3, -0.25) is 4.98 Å². The van der Waals surface area contributed by atoms with Crippen molar-refractivity contribution in [1.29, 1.82) is 0 Å². The summed E-state index contributed by atoms with van der Waals surface area (Å²) in [6.07, 6.45) is 1.79. The SMILES string of the molecule is CC1CNCC1c1nc(-c2ccc3ncccc3c2)no1. The molecule has 1 aromatic carbocycles. The van der Waals surface area contributed by atoms with Gasteiger partial charge in [0, 0.05) is 23.7 Å². The van der Waals surface area contributed by atoms with Gasteiger partial charge in [-0.1, -0.05) is 18.1 Å². The molecule has 5 nitrogen and oxygen atoms in total. The highest BCUT2D eigenvalue weighted by Crippen LogP contribution is 2.28. The van der Waals surface area contributed by atoms with Crippen LogP contribution in [-0.2, 0) is 0 Å². The molecule has 2 unspecified atom stereocenters. The average molecular weight is 280 g/mol. The van der Waals surface area contributed by atoms with E-state index in [2.05, 4.69) is 27.4 Å². The summed E-state index contributed by atoms with van der Waals surface area (Å²) < 4.78 is 5.47. The van der Waals surface area contributed by atoms with Crippen LogP contribution in [0.4, 0.5) is 0 Å². The van der Waals surface area contributed by atoms with Crippen molar-refractivity contribution in [3.63, 3.8) is 0 Å². The Hall–Kier alpha value is -2.27. The largest absolute Gasteiger partial charge is 0.339 e. The molecule has 1 N–H and O–H groups in total. The fourth-order valence-corrected chi connectivity index (χ4v) is 2.86. The molecule has 0 radical (unpaired) electrons. The monoisotopic (exact) mass is 280 g/mol. The van der Waals surface area contributed by atoms with Crippen molar-refractivity contribution in [3.05, 3.63) is 42.4 Å². The predicted molar refractivity (Wildman–Crippen MR) is 79.8 cm³/mol. The summed E-state index contributed by atoms with van der Waals surface area (Å²) in [7, 11) is 0. The van der Waals surface area contributed by atoms with Crippen LogP contribution in [0.3, 0.4) is 0 Å². The summed E-state index contributed by atoms with van der Waals surface area (Å²) in [4.78, 5) is 8.90. The van der Waals surface area contributed by atoms with E-state index in [4.69, 9.17) is 4.52 Å². The molecule has 21 heavy (non-hydrogen) atoms. The zero-order valence-electron chi connectivity index (χ0n) is 11.8. The molecule has 1 aliphatic heterocycles. The maximum absolute atomic E-state index is 5.47. The van der Waals surface area contributed by atoms with E-state index < -0.39 is 0 Å². The summed E-state index contributed by atoms with van der Waals surface area (Å²) in [5, 5.41) is 8.58. The quantitative estimate of drug-likeness (QED) is 0.781. The minimum absolute atomic E-state index is 0.313.